The number of hydrogen-bond donors (Lipinski definition) is 1. The van der Waals surface area contributed by atoms with Crippen molar-refractivity contribution in [3.05, 3.63) is 16.6 Å². The summed E-state index contributed by atoms with van der Waals surface area (Å²) in [5.74, 6) is 0.915. The van der Waals surface area contributed by atoms with Crippen molar-refractivity contribution in [1.29, 1.82) is 0 Å². The number of thiazole rings is 1. The van der Waals surface area contributed by atoms with Gasteiger partial charge >= 0.3 is 0 Å². The number of rotatable bonds is 5. The lowest BCUT2D eigenvalue weighted by molar-refractivity contribution is 1.01. The molecule has 0 saturated heterocycles. The topological polar surface area (TPSA) is 50.7 Å². The van der Waals surface area contributed by atoms with Crippen LogP contribution in [0.1, 0.15) is 11.8 Å². The molecule has 0 aliphatic rings. The van der Waals surface area contributed by atoms with Crippen molar-refractivity contribution in [3.63, 3.8) is 0 Å². The van der Waals surface area contributed by atoms with E-state index in [9.17, 15) is 0 Å². The highest BCUT2D eigenvalue weighted by molar-refractivity contribution is 8.00. The Labute approximate surface area is 100 Å². The monoisotopic (exact) mass is 258 g/mol. The minimum atomic E-state index is 0.913. The third kappa shape index (κ3) is 3.15. The minimum Gasteiger partial charge on any atom is -0.362 e. The van der Waals surface area contributed by atoms with Crippen LogP contribution in [0.15, 0.2) is 16.0 Å². The zero-order valence-electron chi connectivity index (χ0n) is 8.14. The van der Waals surface area contributed by atoms with Crippen molar-refractivity contribution in [2.45, 2.75) is 17.0 Å². The van der Waals surface area contributed by atoms with E-state index in [0.29, 0.717) is 0 Å². The number of anilines is 1. The molecule has 0 unspecified atom stereocenters. The Balaban J connectivity index is 1.88. The lowest BCUT2D eigenvalue weighted by atomic mass is 10.6. The molecule has 80 valence electrons. The highest BCUT2D eigenvalue weighted by atomic mass is 32.2. The Kier molecular flexibility index (Phi) is 3.93. The smallest absolute Gasteiger partial charge is 0.182 e. The van der Waals surface area contributed by atoms with Gasteiger partial charge in [0.25, 0.3) is 0 Å². The van der Waals surface area contributed by atoms with E-state index in [1.165, 1.54) is 4.88 Å². The molecule has 0 radical (unpaired) electrons. The summed E-state index contributed by atoms with van der Waals surface area (Å²) < 4.78 is 1.01. The molecular formula is C8H10N4S3. The normalized spacial score (nSPS) is 10.5. The van der Waals surface area contributed by atoms with E-state index in [1.54, 1.807) is 39.9 Å². The van der Waals surface area contributed by atoms with Gasteiger partial charge in [0.2, 0.25) is 0 Å². The Bertz CT molecular complexity index is 398. The zero-order valence-corrected chi connectivity index (χ0v) is 10.6. The van der Waals surface area contributed by atoms with Crippen molar-refractivity contribution in [2.24, 2.45) is 0 Å². The fourth-order valence-corrected chi connectivity index (χ4v) is 3.36. The van der Waals surface area contributed by atoms with Crippen molar-refractivity contribution in [1.82, 2.24) is 15.2 Å². The van der Waals surface area contributed by atoms with Gasteiger partial charge in [0, 0.05) is 23.4 Å². The third-order valence-corrected chi connectivity index (χ3v) is 4.61. The molecule has 0 saturated carbocycles. The summed E-state index contributed by atoms with van der Waals surface area (Å²) >= 11 is 4.96. The molecule has 1 N–H and O–H groups in total. The standard InChI is InChI=1S/C8H10N4S3/c1-2-9-7-10-3-6(15-7)4-13-8-12-11-5-14-8/h3,5H,2,4H2,1H3,(H,9,10). The van der Waals surface area contributed by atoms with Crippen LogP contribution in [0, 0.1) is 0 Å². The van der Waals surface area contributed by atoms with Crippen LogP contribution in [-0.4, -0.2) is 21.7 Å². The molecule has 0 atom stereocenters. The van der Waals surface area contributed by atoms with Gasteiger partial charge in [0.05, 0.1) is 0 Å². The molecule has 0 aromatic carbocycles. The second kappa shape index (κ2) is 5.43. The van der Waals surface area contributed by atoms with Gasteiger partial charge in [-0.2, -0.15) is 0 Å². The lowest BCUT2D eigenvalue weighted by Crippen LogP contribution is -1.94. The van der Waals surface area contributed by atoms with Gasteiger partial charge in [-0.1, -0.05) is 23.1 Å². The van der Waals surface area contributed by atoms with Gasteiger partial charge in [-0.05, 0) is 6.92 Å². The van der Waals surface area contributed by atoms with E-state index >= 15 is 0 Å². The Morgan fingerprint density at radius 2 is 2.47 bits per heavy atom. The first-order chi connectivity index (χ1) is 7.38. The first-order valence-corrected chi connectivity index (χ1v) is 7.14. The van der Waals surface area contributed by atoms with E-state index in [-0.39, 0.29) is 0 Å². The molecule has 2 aromatic heterocycles. The summed E-state index contributed by atoms with van der Waals surface area (Å²) in [6.45, 7) is 2.98. The summed E-state index contributed by atoms with van der Waals surface area (Å²) in [5.41, 5.74) is 1.75. The molecule has 2 heterocycles. The van der Waals surface area contributed by atoms with Crippen LogP contribution in [0.5, 0.6) is 0 Å². The second-order valence-electron chi connectivity index (χ2n) is 2.66. The molecule has 0 bridgehead atoms. The van der Waals surface area contributed by atoms with Crippen LogP contribution >= 0.6 is 34.4 Å². The third-order valence-electron chi connectivity index (χ3n) is 1.56. The van der Waals surface area contributed by atoms with Gasteiger partial charge in [0.1, 0.15) is 5.51 Å². The summed E-state index contributed by atoms with van der Waals surface area (Å²) in [6, 6.07) is 0. The van der Waals surface area contributed by atoms with Crippen LogP contribution < -0.4 is 5.32 Å². The maximum Gasteiger partial charge on any atom is 0.182 e. The predicted molar refractivity (Wildman–Crippen MR) is 65.7 cm³/mol. The van der Waals surface area contributed by atoms with E-state index in [4.69, 9.17) is 0 Å². The van der Waals surface area contributed by atoms with Gasteiger partial charge < -0.3 is 5.32 Å². The fourth-order valence-electron chi connectivity index (χ4n) is 0.966. The molecule has 4 nitrogen and oxygen atoms in total. The lowest BCUT2D eigenvalue weighted by Gasteiger charge is -1.94. The van der Waals surface area contributed by atoms with Gasteiger partial charge in [-0.15, -0.1) is 21.5 Å². The van der Waals surface area contributed by atoms with Crippen molar-refractivity contribution >= 4 is 39.6 Å². The number of nitrogens with zero attached hydrogens (tertiary/aromatic N) is 3. The van der Waals surface area contributed by atoms with Crippen LogP contribution in [0.25, 0.3) is 0 Å². The maximum atomic E-state index is 4.27. The van der Waals surface area contributed by atoms with E-state index < -0.39 is 0 Å². The minimum absolute atomic E-state index is 0.913. The maximum absolute atomic E-state index is 4.27. The summed E-state index contributed by atoms with van der Waals surface area (Å²) in [4.78, 5) is 5.52. The van der Waals surface area contributed by atoms with Gasteiger partial charge in [-0.25, -0.2) is 4.98 Å². The van der Waals surface area contributed by atoms with E-state index in [0.717, 1.165) is 21.8 Å². The summed E-state index contributed by atoms with van der Waals surface area (Å²) in [5, 5.41) is 12.0. The molecule has 15 heavy (non-hydrogen) atoms. The Hall–Kier alpha value is -0.660. The predicted octanol–water partition coefficient (Wildman–Crippen LogP) is 2.72. The molecular weight excluding hydrogens is 248 g/mol. The first-order valence-electron chi connectivity index (χ1n) is 4.46. The van der Waals surface area contributed by atoms with E-state index in [1.807, 2.05) is 6.20 Å². The highest BCUT2D eigenvalue weighted by Gasteiger charge is 2.03. The fraction of sp³-hybridized carbons (Fsp3) is 0.375. The van der Waals surface area contributed by atoms with Crippen LogP contribution in [0.4, 0.5) is 5.13 Å². The first kappa shape index (κ1) is 10.8. The number of aromatic nitrogens is 3. The second-order valence-corrected chi connectivity index (χ2v) is 5.83. The molecule has 0 fully saturated rings. The molecule has 2 rings (SSSR count). The highest BCUT2D eigenvalue weighted by Crippen LogP contribution is 2.27. The zero-order chi connectivity index (χ0) is 10.5. The molecule has 0 aliphatic carbocycles. The van der Waals surface area contributed by atoms with Gasteiger partial charge in [-0.3, -0.25) is 0 Å². The SMILES string of the molecule is CCNc1ncc(CSc2nncs2)s1. The number of nitrogens with one attached hydrogen (secondary N) is 1. The molecule has 2 aromatic rings. The number of thioether (sulfide) groups is 1. The molecule has 0 aliphatic heterocycles. The Morgan fingerprint density at radius 1 is 1.53 bits per heavy atom. The van der Waals surface area contributed by atoms with E-state index in [2.05, 4.69) is 27.4 Å². The molecule has 7 heteroatoms. The van der Waals surface area contributed by atoms with Crippen LogP contribution in [0.2, 0.25) is 0 Å². The average Bonchev–Trinajstić information content (AvgIpc) is 2.85. The van der Waals surface area contributed by atoms with Crippen molar-refractivity contribution < 1.29 is 0 Å². The van der Waals surface area contributed by atoms with Crippen molar-refractivity contribution in [2.75, 3.05) is 11.9 Å². The molecule has 0 amide bonds. The Morgan fingerprint density at radius 3 is 3.20 bits per heavy atom. The summed E-state index contributed by atoms with van der Waals surface area (Å²) in [6.07, 6.45) is 1.91. The average molecular weight is 258 g/mol. The number of hydrogen-bond acceptors (Lipinski definition) is 7. The largest absolute Gasteiger partial charge is 0.362 e. The van der Waals surface area contributed by atoms with Crippen LogP contribution in [-0.2, 0) is 5.75 Å². The molecule has 0 spiro atoms. The van der Waals surface area contributed by atoms with Gasteiger partial charge in [0.15, 0.2) is 9.47 Å². The quantitative estimate of drug-likeness (QED) is 0.836. The summed E-state index contributed by atoms with van der Waals surface area (Å²) in [7, 11) is 0. The van der Waals surface area contributed by atoms with Crippen LogP contribution in [0.3, 0.4) is 0 Å². The van der Waals surface area contributed by atoms with Crippen molar-refractivity contribution in [3.8, 4) is 0 Å².